The predicted molar refractivity (Wildman–Crippen MR) is 94.9 cm³/mol. The monoisotopic (exact) mass is 408 g/mol. The van der Waals surface area contributed by atoms with Gasteiger partial charge in [-0.3, -0.25) is 14.4 Å². The minimum Gasteiger partial charge on any atom is -0.467 e. The molecule has 1 fully saturated rings. The maximum Gasteiger partial charge on any atom is 0.387 e. The third-order valence-electron chi connectivity index (χ3n) is 4.18. The summed E-state index contributed by atoms with van der Waals surface area (Å²) in [7, 11) is 0. The number of nitrogens with one attached hydrogen (secondary N) is 1. The quantitative estimate of drug-likeness (QED) is 0.674. The number of rotatable bonds is 8. The van der Waals surface area contributed by atoms with E-state index in [2.05, 4.69) is 10.1 Å². The summed E-state index contributed by atoms with van der Waals surface area (Å²) in [6.07, 6.45) is 1.51. The zero-order valence-corrected chi connectivity index (χ0v) is 15.2. The van der Waals surface area contributed by atoms with E-state index < -0.39 is 31.0 Å². The lowest BCUT2D eigenvalue weighted by Gasteiger charge is -2.14. The molecule has 2 heterocycles. The molecule has 29 heavy (non-hydrogen) atoms. The van der Waals surface area contributed by atoms with Crippen LogP contribution in [0.25, 0.3) is 0 Å². The summed E-state index contributed by atoms with van der Waals surface area (Å²) in [5.41, 5.74) is 0.327. The van der Waals surface area contributed by atoms with E-state index in [0.29, 0.717) is 11.4 Å². The van der Waals surface area contributed by atoms with Crippen LogP contribution in [0.4, 0.5) is 14.5 Å². The Balaban J connectivity index is 1.43. The molecule has 1 atom stereocenters. The van der Waals surface area contributed by atoms with E-state index in [1.807, 2.05) is 0 Å². The summed E-state index contributed by atoms with van der Waals surface area (Å²) < 4.78 is 38.6. The van der Waals surface area contributed by atoms with E-state index in [-0.39, 0.29) is 31.2 Å². The molecule has 1 N–H and O–H groups in total. The van der Waals surface area contributed by atoms with Gasteiger partial charge < -0.3 is 24.1 Å². The molecule has 1 aromatic heterocycles. The van der Waals surface area contributed by atoms with Gasteiger partial charge in [0.25, 0.3) is 5.91 Å². The van der Waals surface area contributed by atoms with Crippen LogP contribution in [-0.2, 0) is 25.7 Å². The summed E-state index contributed by atoms with van der Waals surface area (Å²) in [4.78, 5) is 37.6. The van der Waals surface area contributed by atoms with E-state index in [1.165, 1.54) is 35.4 Å². The molecule has 1 aromatic carbocycles. The number of carbonyl (C=O) groups excluding carboxylic acids is 3. The second kappa shape index (κ2) is 9.18. The Bertz CT molecular complexity index is 854. The molecule has 2 aromatic rings. The Morgan fingerprint density at radius 2 is 2.00 bits per heavy atom. The molecule has 0 spiro atoms. The van der Waals surface area contributed by atoms with Crippen LogP contribution in [0.3, 0.4) is 0 Å². The number of hydrogen-bond donors (Lipinski definition) is 1. The molecule has 1 aliphatic rings. The molecule has 10 heteroatoms. The van der Waals surface area contributed by atoms with E-state index in [4.69, 9.17) is 9.15 Å². The Kier molecular flexibility index (Phi) is 6.43. The molecule has 0 bridgehead atoms. The molecule has 0 saturated carbocycles. The standard InChI is InChI=1S/C19H18F2N2O6/c20-19(21)29-14-5-3-13(4-6-14)22-16(24)11-28-18(26)12-8-17(25)23(9-12)10-15-2-1-7-27-15/h1-7,12,19H,8-11H2,(H,22,24)/t12-/m1/s1. The van der Waals surface area contributed by atoms with Crippen LogP contribution in [0.5, 0.6) is 5.75 Å². The predicted octanol–water partition coefficient (Wildman–Crippen LogP) is 2.41. The van der Waals surface area contributed by atoms with Crippen LogP contribution in [-0.4, -0.2) is 42.4 Å². The zero-order valence-electron chi connectivity index (χ0n) is 15.2. The molecule has 3 rings (SSSR count). The van der Waals surface area contributed by atoms with Gasteiger partial charge in [0, 0.05) is 18.7 Å². The number of likely N-dealkylation sites (tertiary alicyclic amines) is 1. The van der Waals surface area contributed by atoms with Crippen LogP contribution < -0.4 is 10.1 Å². The van der Waals surface area contributed by atoms with Crippen LogP contribution in [0.2, 0.25) is 0 Å². The van der Waals surface area contributed by atoms with Gasteiger partial charge in [-0.2, -0.15) is 8.78 Å². The van der Waals surface area contributed by atoms with Crippen LogP contribution in [0, 0.1) is 5.92 Å². The van der Waals surface area contributed by atoms with Crippen LogP contribution in [0.15, 0.2) is 47.1 Å². The van der Waals surface area contributed by atoms with Crippen molar-refractivity contribution in [1.29, 1.82) is 0 Å². The Morgan fingerprint density at radius 3 is 2.66 bits per heavy atom. The molecule has 1 aliphatic heterocycles. The van der Waals surface area contributed by atoms with Crippen molar-refractivity contribution in [1.82, 2.24) is 4.90 Å². The van der Waals surface area contributed by atoms with Gasteiger partial charge in [-0.05, 0) is 36.4 Å². The fraction of sp³-hybridized carbons (Fsp3) is 0.316. The van der Waals surface area contributed by atoms with Gasteiger partial charge in [-0.25, -0.2) is 0 Å². The zero-order chi connectivity index (χ0) is 20.8. The van der Waals surface area contributed by atoms with Gasteiger partial charge in [-0.1, -0.05) is 0 Å². The fourth-order valence-corrected chi connectivity index (χ4v) is 2.84. The summed E-state index contributed by atoms with van der Waals surface area (Å²) in [6, 6.07) is 8.73. The molecule has 2 amide bonds. The van der Waals surface area contributed by atoms with Gasteiger partial charge in [0.15, 0.2) is 6.61 Å². The molecule has 154 valence electrons. The highest BCUT2D eigenvalue weighted by Gasteiger charge is 2.35. The highest BCUT2D eigenvalue weighted by Crippen LogP contribution is 2.22. The van der Waals surface area contributed by atoms with Crippen LogP contribution in [0.1, 0.15) is 12.2 Å². The minimum atomic E-state index is -2.94. The molecule has 8 nitrogen and oxygen atoms in total. The van der Waals surface area contributed by atoms with Crippen molar-refractivity contribution in [2.24, 2.45) is 5.92 Å². The second-order valence-electron chi connectivity index (χ2n) is 6.31. The van der Waals surface area contributed by atoms with E-state index >= 15 is 0 Å². The Morgan fingerprint density at radius 1 is 1.24 bits per heavy atom. The number of anilines is 1. The van der Waals surface area contributed by atoms with Crippen molar-refractivity contribution in [3.8, 4) is 5.75 Å². The minimum absolute atomic E-state index is 0.00671. The first kappa shape index (κ1) is 20.3. The number of furan rings is 1. The number of carbonyl (C=O) groups is 3. The highest BCUT2D eigenvalue weighted by molar-refractivity contribution is 5.93. The van der Waals surface area contributed by atoms with Gasteiger partial charge in [0.2, 0.25) is 5.91 Å². The number of ether oxygens (including phenoxy) is 2. The largest absolute Gasteiger partial charge is 0.467 e. The second-order valence-corrected chi connectivity index (χ2v) is 6.31. The number of esters is 1. The maximum atomic E-state index is 12.2. The average Bonchev–Trinajstić information content (AvgIpc) is 3.31. The third-order valence-corrected chi connectivity index (χ3v) is 4.18. The highest BCUT2D eigenvalue weighted by atomic mass is 19.3. The SMILES string of the molecule is O=C(COC(=O)[C@@H]1CC(=O)N(Cc2ccco2)C1)Nc1ccc(OC(F)F)cc1. The average molecular weight is 408 g/mol. The summed E-state index contributed by atoms with van der Waals surface area (Å²) in [5.74, 6) is -1.53. The Hall–Kier alpha value is -3.43. The molecule has 1 saturated heterocycles. The van der Waals surface area contributed by atoms with Crippen molar-refractivity contribution in [3.63, 3.8) is 0 Å². The van der Waals surface area contributed by atoms with E-state index in [9.17, 15) is 23.2 Å². The molecular weight excluding hydrogens is 390 g/mol. The molecule has 0 radical (unpaired) electrons. The van der Waals surface area contributed by atoms with Crippen molar-refractivity contribution in [2.45, 2.75) is 19.6 Å². The van der Waals surface area contributed by atoms with Gasteiger partial charge >= 0.3 is 12.6 Å². The van der Waals surface area contributed by atoms with Crippen molar-refractivity contribution >= 4 is 23.5 Å². The normalized spacial score (nSPS) is 16.2. The van der Waals surface area contributed by atoms with Crippen molar-refractivity contribution < 1.29 is 37.1 Å². The summed E-state index contributed by atoms with van der Waals surface area (Å²) in [6.45, 7) is -3.02. The van der Waals surface area contributed by atoms with Crippen molar-refractivity contribution in [2.75, 3.05) is 18.5 Å². The lowest BCUT2D eigenvalue weighted by Crippen LogP contribution is -2.28. The number of nitrogens with zero attached hydrogens (tertiary/aromatic N) is 1. The summed E-state index contributed by atoms with van der Waals surface area (Å²) in [5, 5.41) is 2.47. The van der Waals surface area contributed by atoms with E-state index in [0.717, 1.165) is 0 Å². The van der Waals surface area contributed by atoms with Crippen LogP contribution >= 0.6 is 0 Å². The van der Waals surface area contributed by atoms with E-state index in [1.54, 1.807) is 12.1 Å². The fourth-order valence-electron chi connectivity index (χ4n) is 2.84. The lowest BCUT2D eigenvalue weighted by molar-refractivity contribution is -0.151. The Labute approximate surface area is 164 Å². The molecule has 0 unspecified atom stereocenters. The number of benzene rings is 1. The third kappa shape index (κ3) is 5.77. The number of hydrogen-bond acceptors (Lipinski definition) is 6. The topological polar surface area (TPSA) is 98.1 Å². The first-order valence-corrected chi connectivity index (χ1v) is 8.72. The first-order valence-electron chi connectivity index (χ1n) is 8.72. The van der Waals surface area contributed by atoms with Gasteiger partial charge in [0.05, 0.1) is 18.7 Å². The number of amides is 2. The molecular formula is C19H18F2N2O6. The van der Waals surface area contributed by atoms with Gasteiger partial charge in [0.1, 0.15) is 11.5 Å². The number of halogens is 2. The molecule has 0 aliphatic carbocycles. The smallest absolute Gasteiger partial charge is 0.387 e. The first-order chi connectivity index (χ1) is 13.9. The van der Waals surface area contributed by atoms with Gasteiger partial charge in [-0.15, -0.1) is 0 Å². The van der Waals surface area contributed by atoms with Crippen molar-refractivity contribution in [3.05, 3.63) is 48.4 Å². The summed E-state index contributed by atoms with van der Waals surface area (Å²) >= 11 is 0. The lowest BCUT2D eigenvalue weighted by atomic mass is 10.1. The maximum absolute atomic E-state index is 12.2. The number of alkyl halides is 2.